The van der Waals surface area contributed by atoms with Gasteiger partial charge in [0.15, 0.2) is 0 Å². The molecule has 2 N–H and O–H groups in total. The molecule has 0 spiro atoms. The summed E-state index contributed by atoms with van der Waals surface area (Å²) >= 11 is 1.80. The summed E-state index contributed by atoms with van der Waals surface area (Å²) in [5, 5.41) is 3.46. The van der Waals surface area contributed by atoms with Gasteiger partial charge in [-0.05, 0) is 36.0 Å². The second-order valence-corrected chi connectivity index (χ2v) is 5.45. The van der Waals surface area contributed by atoms with E-state index in [2.05, 4.69) is 52.5 Å². The Balaban J connectivity index is 2.05. The first-order valence-electron chi connectivity index (χ1n) is 6.17. The predicted octanol–water partition coefficient (Wildman–Crippen LogP) is 3.25. The van der Waals surface area contributed by atoms with Crippen molar-refractivity contribution in [2.75, 3.05) is 6.54 Å². The van der Waals surface area contributed by atoms with Gasteiger partial charge in [0.2, 0.25) is 0 Å². The number of rotatable bonds is 4. The molecule has 2 nitrogen and oxygen atoms in total. The first-order chi connectivity index (χ1) is 8.88. The van der Waals surface area contributed by atoms with Crippen LogP contribution in [0.4, 0.5) is 0 Å². The number of hydrogen-bond donors (Lipinski definition) is 1. The third-order valence-electron chi connectivity index (χ3n) is 3.19. The summed E-state index contributed by atoms with van der Waals surface area (Å²) in [4.78, 5) is 1.38. The molecule has 0 bridgehead atoms. The van der Waals surface area contributed by atoms with Crippen molar-refractivity contribution < 1.29 is 0 Å². The first kappa shape index (κ1) is 11.5. The van der Waals surface area contributed by atoms with Gasteiger partial charge in [0.1, 0.15) is 0 Å². The van der Waals surface area contributed by atoms with E-state index in [9.17, 15) is 0 Å². The summed E-state index contributed by atoms with van der Waals surface area (Å²) in [6.45, 7) is 1.65. The molecular weight excluding hydrogens is 240 g/mol. The van der Waals surface area contributed by atoms with Crippen LogP contribution in [0.2, 0.25) is 0 Å². The van der Waals surface area contributed by atoms with E-state index < -0.39 is 0 Å². The number of nitrogens with zero attached hydrogens (tertiary/aromatic N) is 1. The molecule has 2 aromatic heterocycles. The van der Waals surface area contributed by atoms with Gasteiger partial charge in [0, 0.05) is 22.0 Å². The second-order valence-electron chi connectivity index (χ2n) is 4.42. The largest absolute Gasteiger partial charge is 0.342 e. The molecule has 0 aliphatic rings. The molecular formula is C15H16N2S. The van der Waals surface area contributed by atoms with Crippen LogP contribution in [0.15, 0.2) is 48.0 Å². The van der Waals surface area contributed by atoms with E-state index in [4.69, 9.17) is 5.73 Å². The van der Waals surface area contributed by atoms with Gasteiger partial charge >= 0.3 is 0 Å². The minimum atomic E-state index is 0.701. The van der Waals surface area contributed by atoms with Crippen molar-refractivity contribution in [3.8, 4) is 0 Å². The van der Waals surface area contributed by atoms with Crippen molar-refractivity contribution in [2.24, 2.45) is 5.73 Å². The van der Waals surface area contributed by atoms with E-state index in [1.165, 1.54) is 21.3 Å². The van der Waals surface area contributed by atoms with Crippen molar-refractivity contribution in [3.05, 3.63) is 58.4 Å². The zero-order valence-corrected chi connectivity index (χ0v) is 11.0. The molecule has 0 unspecified atom stereocenters. The number of fused-ring (bicyclic) bond motifs is 1. The van der Waals surface area contributed by atoms with E-state index in [0.29, 0.717) is 6.54 Å². The lowest BCUT2D eigenvalue weighted by molar-refractivity contribution is 0.840. The van der Waals surface area contributed by atoms with Crippen LogP contribution in [0, 0.1) is 0 Å². The normalized spacial score (nSPS) is 11.2. The van der Waals surface area contributed by atoms with Gasteiger partial charge in [0.05, 0.1) is 6.54 Å². The van der Waals surface area contributed by atoms with E-state index in [1.807, 2.05) is 0 Å². The monoisotopic (exact) mass is 256 g/mol. The summed E-state index contributed by atoms with van der Waals surface area (Å²) < 4.78 is 2.33. The lowest BCUT2D eigenvalue weighted by atomic mass is 10.1. The maximum atomic E-state index is 5.69. The van der Waals surface area contributed by atoms with Gasteiger partial charge in [-0.15, -0.1) is 11.3 Å². The van der Waals surface area contributed by atoms with Crippen molar-refractivity contribution in [1.29, 1.82) is 0 Å². The second kappa shape index (κ2) is 4.96. The number of para-hydroxylation sites is 1. The number of benzene rings is 1. The summed E-state index contributed by atoms with van der Waals surface area (Å²) in [5.41, 5.74) is 8.34. The number of hydrogen-bond acceptors (Lipinski definition) is 2. The van der Waals surface area contributed by atoms with E-state index in [-0.39, 0.29) is 0 Å². The molecule has 0 amide bonds. The van der Waals surface area contributed by atoms with Gasteiger partial charge < -0.3 is 10.3 Å². The highest BCUT2D eigenvalue weighted by molar-refractivity contribution is 7.09. The van der Waals surface area contributed by atoms with Crippen molar-refractivity contribution in [3.63, 3.8) is 0 Å². The van der Waals surface area contributed by atoms with Gasteiger partial charge in [-0.1, -0.05) is 24.3 Å². The fourth-order valence-electron chi connectivity index (χ4n) is 2.38. The smallest absolute Gasteiger partial charge is 0.0569 e. The molecule has 0 fully saturated rings. The highest BCUT2D eigenvalue weighted by Gasteiger charge is 2.07. The van der Waals surface area contributed by atoms with E-state index >= 15 is 0 Å². The van der Waals surface area contributed by atoms with Crippen LogP contribution in [0.5, 0.6) is 0 Å². The van der Waals surface area contributed by atoms with Gasteiger partial charge in [-0.25, -0.2) is 0 Å². The molecule has 18 heavy (non-hydrogen) atoms. The lowest BCUT2D eigenvalue weighted by Gasteiger charge is -2.02. The summed E-state index contributed by atoms with van der Waals surface area (Å²) in [6, 6.07) is 12.8. The zero-order valence-electron chi connectivity index (χ0n) is 10.2. The zero-order chi connectivity index (χ0) is 12.4. The molecule has 0 radical (unpaired) electrons. The van der Waals surface area contributed by atoms with Crippen LogP contribution >= 0.6 is 11.3 Å². The van der Waals surface area contributed by atoms with E-state index in [1.54, 1.807) is 11.3 Å². The Bertz CT molecular complexity index is 638. The van der Waals surface area contributed by atoms with Gasteiger partial charge in [-0.3, -0.25) is 0 Å². The van der Waals surface area contributed by atoms with Crippen LogP contribution in [0.3, 0.4) is 0 Å². The molecule has 0 atom stereocenters. The first-order valence-corrected chi connectivity index (χ1v) is 7.05. The molecule has 3 rings (SSSR count). The van der Waals surface area contributed by atoms with Crippen LogP contribution < -0.4 is 5.73 Å². The van der Waals surface area contributed by atoms with Crippen molar-refractivity contribution in [2.45, 2.75) is 13.0 Å². The van der Waals surface area contributed by atoms with Gasteiger partial charge in [0.25, 0.3) is 0 Å². The molecule has 0 saturated carbocycles. The molecule has 2 heterocycles. The summed E-state index contributed by atoms with van der Waals surface area (Å²) in [6.07, 6.45) is 3.19. The van der Waals surface area contributed by atoms with Crippen LogP contribution in [-0.4, -0.2) is 11.1 Å². The molecule has 1 aromatic carbocycles. The van der Waals surface area contributed by atoms with Crippen molar-refractivity contribution in [1.82, 2.24) is 4.57 Å². The Morgan fingerprint density at radius 3 is 2.78 bits per heavy atom. The molecule has 0 aliphatic carbocycles. The Hall–Kier alpha value is -1.58. The molecule has 3 heteroatoms. The fraction of sp³-hybridized carbons (Fsp3) is 0.200. The minimum absolute atomic E-state index is 0.701. The fourth-order valence-corrected chi connectivity index (χ4v) is 3.08. The average molecular weight is 256 g/mol. The summed E-state index contributed by atoms with van der Waals surface area (Å²) in [7, 11) is 0. The third kappa shape index (κ3) is 2.07. The van der Waals surface area contributed by atoms with Crippen molar-refractivity contribution >= 4 is 22.2 Å². The SMILES string of the molecule is NCCc1cn(Cc2cccs2)c2ccccc12. The number of aromatic nitrogens is 1. The average Bonchev–Trinajstić information content (AvgIpc) is 3.00. The van der Waals surface area contributed by atoms with Crippen LogP contribution in [0.25, 0.3) is 10.9 Å². The quantitative estimate of drug-likeness (QED) is 0.763. The van der Waals surface area contributed by atoms with Crippen LogP contribution in [-0.2, 0) is 13.0 Å². The summed E-state index contributed by atoms with van der Waals surface area (Å²) in [5.74, 6) is 0. The standard InChI is InChI=1S/C15H16N2S/c16-8-7-12-10-17(11-13-4-3-9-18-13)15-6-2-1-5-14(12)15/h1-6,9-10H,7-8,11,16H2. The Kier molecular flexibility index (Phi) is 3.17. The van der Waals surface area contributed by atoms with Crippen LogP contribution in [0.1, 0.15) is 10.4 Å². The molecule has 0 aliphatic heterocycles. The Morgan fingerprint density at radius 2 is 2.00 bits per heavy atom. The predicted molar refractivity (Wildman–Crippen MR) is 78.1 cm³/mol. The number of thiophene rings is 1. The topological polar surface area (TPSA) is 30.9 Å². The van der Waals surface area contributed by atoms with Gasteiger partial charge in [-0.2, -0.15) is 0 Å². The van der Waals surface area contributed by atoms with E-state index in [0.717, 1.165) is 13.0 Å². The maximum absolute atomic E-state index is 5.69. The maximum Gasteiger partial charge on any atom is 0.0569 e. The lowest BCUT2D eigenvalue weighted by Crippen LogP contribution is -2.02. The number of nitrogens with two attached hydrogens (primary N) is 1. The highest BCUT2D eigenvalue weighted by Crippen LogP contribution is 2.23. The minimum Gasteiger partial charge on any atom is -0.342 e. The molecule has 3 aromatic rings. The molecule has 92 valence electrons. The Labute approximate surface area is 111 Å². The highest BCUT2D eigenvalue weighted by atomic mass is 32.1. The Morgan fingerprint density at radius 1 is 1.11 bits per heavy atom. The third-order valence-corrected chi connectivity index (χ3v) is 4.05. The molecule has 0 saturated heterocycles.